The quantitative estimate of drug-likeness (QED) is 0.447. The van der Waals surface area contributed by atoms with Gasteiger partial charge in [0, 0.05) is 42.3 Å². The lowest BCUT2D eigenvalue weighted by Gasteiger charge is -2.20. The third-order valence-electron chi connectivity index (χ3n) is 6.86. The molecule has 0 saturated heterocycles. The molecule has 0 aliphatic heterocycles. The van der Waals surface area contributed by atoms with Crippen LogP contribution >= 0.6 is 0 Å². The molecule has 7 nitrogen and oxygen atoms in total. The third-order valence-corrected chi connectivity index (χ3v) is 8.16. The highest BCUT2D eigenvalue weighted by Crippen LogP contribution is 2.31. The number of nitrogens with zero attached hydrogens (tertiary/aromatic N) is 1. The van der Waals surface area contributed by atoms with Crippen LogP contribution in [0.25, 0.3) is 11.8 Å². The van der Waals surface area contributed by atoms with Crippen LogP contribution in [0.15, 0.2) is 46.9 Å². The summed E-state index contributed by atoms with van der Waals surface area (Å²) in [6.07, 6.45) is 4.12. The molecule has 2 N–H and O–H groups in total. The van der Waals surface area contributed by atoms with Crippen molar-refractivity contribution in [1.82, 2.24) is 9.88 Å². The first-order valence-electron chi connectivity index (χ1n) is 12.6. The summed E-state index contributed by atoms with van der Waals surface area (Å²) in [4.78, 5) is 25.7. The average Bonchev–Trinajstić information content (AvgIpc) is 3.30. The Morgan fingerprint density at radius 1 is 1.05 bits per heavy atom. The third kappa shape index (κ3) is 5.43. The lowest BCUT2D eigenvalue weighted by Crippen LogP contribution is -2.25. The number of fused-ring (bicyclic) bond motifs is 1. The zero-order valence-corrected chi connectivity index (χ0v) is 23.1. The van der Waals surface area contributed by atoms with Gasteiger partial charge in [0.05, 0.1) is 22.8 Å². The number of likely N-dealkylation sites (N-methyl/N-ethyl adjacent to an activating group) is 1. The number of aromatic nitrogens is 1. The summed E-state index contributed by atoms with van der Waals surface area (Å²) in [6, 6.07) is 8.27. The van der Waals surface area contributed by atoms with Crippen LogP contribution in [0.5, 0.6) is 0 Å². The smallest absolute Gasteiger partial charge is 0.247 e. The molecule has 4 rings (SSSR count). The predicted octanol–water partition coefficient (Wildman–Crippen LogP) is 4.33. The number of sulfonamides is 1. The highest BCUT2D eigenvalue weighted by Gasteiger charge is 2.25. The van der Waals surface area contributed by atoms with E-state index < -0.39 is 10.0 Å². The van der Waals surface area contributed by atoms with Gasteiger partial charge >= 0.3 is 0 Å². The van der Waals surface area contributed by atoms with Crippen LogP contribution in [0.4, 0.5) is 10.1 Å². The molecule has 200 valence electrons. The van der Waals surface area contributed by atoms with Gasteiger partial charge in [0.25, 0.3) is 0 Å². The Kier molecular flexibility index (Phi) is 7.60. The van der Waals surface area contributed by atoms with Gasteiger partial charge in [-0.3, -0.25) is 14.3 Å². The molecule has 3 aromatic rings. The minimum absolute atomic E-state index is 0.0801. The number of carbonyl (C=O) groups excluding carboxylic acids is 1. The van der Waals surface area contributed by atoms with Crippen molar-refractivity contribution < 1.29 is 17.6 Å². The monoisotopic (exact) mass is 537 g/mol. The Bertz CT molecular complexity index is 1620. The molecule has 0 bridgehead atoms. The molecule has 0 radical (unpaired) electrons. The van der Waals surface area contributed by atoms with Crippen LogP contribution in [-0.2, 0) is 27.7 Å². The van der Waals surface area contributed by atoms with Gasteiger partial charge in [0.2, 0.25) is 15.9 Å². The maximum Gasteiger partial charge on any atom is 0.247 e. The molecule has 1 amide bonds. The molecule has 9 heteroatoms. The van der Waals surface area contributed by atoms with E-state index in [9.17, 15) is 22.4 Å². The lowest BCUT2D eigenvalue weighted by atomic mass is 9.94. The van der Waals surface area contributed by atoms with Crippen LogP contribution in [0, 0.1) is 26.6 Å². The van der Waals surface area contributed by atoms with E-state index in [1.165, 1.54) is 12.1 Å². The molecule has 1 aromatic heterocycles. The Labute approximate surface area is 222 Å². The SMILES string of the molecule is CCNC(=O)C1=Cc2c(c(=O)c(C)cn2-c2cc(NS(=O)(=O)CC)ccc2Cc2c(C)cc(F)cc2C)C1. The molecule has 2 aromatic carbocycles. The number of anilines is 1. The fourth-order valence-electron chi connectivity index (χ4n) is 4.84. The van der Waals surface area contributed by atoms with Crippen LogP contribution in [-0.4, -0.2) is 31.2 Å². The number of nitrogens with one attached hydrogen (secondary N) is 2. The summed E-state index contributed by atoms with van der Waals surface area (Å²) < 4.78 is 43.1. The highest BCUT2D eigenvalue weighted by atomic mass is 32.2. The van der Waals surface area contributed by atoms with Crippen LogP contribution in [0.1, 0.15) is 52.9 Å². The molecule has 1 aliphatic rings. The van der Waals surface area contributed by atoms with Crippen LogP contribution in [0.2, 0.25) is 0 Å². The zero-order chi connectivity index (χ0) is 27.8. The number of amides is 1. The topological polar surface area (TPSA) is 97.3 Å². The molecule has 1 aliphatic carbocycles. The van der Waals surface area contributed by atoms with Gasteiger partial charge in [0.15, 0.2) is 5.43 Å². The van der Waals surface area contributed by atoms with Crippen molar-refractivity contribution >= 4 is 27.7 Å². The van der Waals surface area contributed by atoms with E-state index in [0.29, 0.717) is 46.7 Å². The minimum atomic E-state index is -3.53. The summed E-state index contributed by atoms with van der Waals surface area (Å²) >= 11 is 0. The number of benzene rings is 2. The summed E-state index contributed by atoms with van der Waals surface area (Å²) in [7, 11) is -3.53. The van der Waals surface area contributed by atoms with Crippen molar-refractivity contribution in [3.63, 3.8) is 0 Å². The summed E-state index contributed by atoms with van der Waals surface area (Å²) in [6.45, 7) is 9.30. The fraction of sp³-hybridized carbons (Fsp3) is 0.310. The van der Waals surface area contributed by atoms with Crippen molar-refractivity contribution in [3.05, 3.63) is 97.2 Å². The maximum atomic E-state index is 14.0. The van der Waals surface area contributed by atoms with E-state index in [-0.39, 0.29) is 29.3 Å². The van der Waals surface area contributed by atoms with Crippen molar-refractivity contribution in [3.8, 4) is 5.69 Å². The molecule has 0 atom stereocenters. The van der Waals surface area contributed by atoms with E-state index in [2.05, 4.69) is 10.0 Å². The number of halogens is 1. The van der Waals surface area contributed by atoms with Gasteiger partial charge in [-0.05, 0) is 87.2 Å². The molecule has 0 spiro atoms. The van der Waals surface area contributed by atoms with Gasteiger partial charge in [-0.15, -0.1) is 0 Å². The van der Waals surface area contributed by atoms with E-state index in [1.54, 1.807) is 38.3 Å². The Hall–Kier alpha value is -3.72. The molecule has 38 heavy (non-hydrogen) atoms. The van der Waals surface area contributed by atoms with E-state index in [0.717, 1.165) is 22.3 Å². The summed E-state index contributed by atoms with van der Waals surface area (Å²) in [5, 5.41) is 2.79. The van der Waals surface area contributed by atoms with Gasteiger partial charge in [-0.1, -0.05) is 6.07 Å². The Morgan fingerprint density at radius 3 is 2.37 bits per heavy atom. The number of rotatable bonds is 8. The standard InChI is InChI=1S/C29H32FN3O4S/c1-6-31-29(35)21-13-25-27(14-21)33(16-19(5)28(25)34)26-15-23(32-38(36,37)7-2)9-8-20(26)12-24-17(3)10-22(30)11-18(24)4/h8-11,14-16,32H,6-7,12-13H2,1-5H3,(H,31,35). The predicted molar refractivity (Wildman–Crippen MR) is 149 cm³/mol. The van der Waals surface area contributed by atoms with Gasteiger partial charge < -0.3 is 9.88 Å². The first kappa shape index (κ1) is 27.3. The van der Waals surface area contributed by atoms with Crippen molar-refractivity contribution in [2.24, 2.45) is 0 Å². The second-order valence-corrected chi connectivity index (χ2v) is 11.6. The number of carbonyl (C=O) groups is 1. The molecular formula is C29H32FN3O4S. The van der Waals surface area contributed by atoms with Crippen LogP contribution in [0.3, 0.4) is 0 Å². The number of hydrogen-bond acceptors (Lipinski definition) is 4. The Morgan fingerprint density at radius 2 is 1.74 bits per heavy atom. The van der Waals surface area contributed by atoms with Gasteiger partial charge in [0.1, 0.15) is 5.82 Å². The molecule has 0 fully saturated rings. The fourth-order valence-corrected chi connectivity index (χ4v) is 5.47. The average molecular weight is 538 g/mol. The van der Waals surface area contributed by atoms with Crippen LogP contribution < -0.4 is 15.5 Å². The number of aryl methyl sites for hydroxylation is 3. The first-order valence-corrected chi connectivity index (χ1v) is 14.2. The van der Waals surface area contributed by atoms with Crippen molar-refractivity contribution in [1.29, 1.82) is 0 Å². The summed E-state index contributed by atoms with van der Waals surface area (Å²) in [5.41, 5.74) is 6.47. The number of pyridine rings is 1. The summed E-state index contributed by atoms with van der Waals surface area (Å²) in [5.74, 6) is -0.608. The minimum Gasteiger partial charge on any atom is -0.353 e. The van der Waals surface area contributed by atoms with Gasteiger partial charge in [-0.2, -0.15) is 0 Å². The highest BCUT2D eigenvalue weighted by molar-refractivity contribution is 7.92. The molecule has 0 saturated carbocycles. The zero-order valence-electron chi connectivity index (χ0n) is 22.2. The normalized spacial score (nSPS) is 12.7. The van der Waals surface area contributed by atoms with E-state index in [4.69, 9.17) is 0 Å². The van der Waals surface area contributed by atoms with E-state index >= 15 is 0 Å². The lowest BCUT2D eigenvalue weighted by molar-refractivity contribution is -0.117. The maximum absolute atomic E-state index is 14.0. The van der Waals surface area contributed by atoms with Crippen molar-refractivity contribution in [2.45, 2.75) is 47.5 Å². The van der Waals surface area contributed by atoms with Gasteiger partial charge in [-0.25, -0.2) is 12.8 Å². The second kappa shape index (κ2) is 10.6. The second-order valence-electron chi connectivity index (χ2n) is 9.62. The molecule has 0 unspecified atom stereocenters. The largest absolute Gasteiger partial charge is 0.353 e. The Balaban J connectivity index is 1.94. The van der Waals surface area contributed by atoms with Crippen molar-refractivity contribution in [2.75, 3.05) is 17.0 Å². The van der Waals surface area contributed by atoms with E-state index in [1.807, 2.05) is 31.4 Å². The molecular weight excluding hydrogens is 505 g/mol. The number of hydrogen-bond donors (Lipinski definition) is 2. The molecule has 1 heterocycles. The first-order chi connectivity index (χ1) is 17.9.